The fraction of sp³-hybridized carbons (Fsp3) is 0.250. The highest BCUT2D eigenvalue weighted by atomic mass is 16.5. The monoisotopic (exact) mass is 274 g/mol. The quantitative estimate of drug-likeness (QED) is 0.479. The molecule has 0 spiro atoms. The Morgan fingerprint density at radius 2 is 1.25 bits per heavy atom. The topological polar surface area (TPSA) is 52.6 Å². The molecule has 0 aromatic heterocycles. The van der Waals surface area contributed by atoms with E-state index >= 15 is 0 Å². The molecular weight excluding hydrogens is 256 g/mol. The molecule has 0 aliphatic heterocycles. The summed E-state index contributed by atoms with van der Waals surface area (Å²) in [6.07, 6.45) is 2.78. The normalized spacial score (nSPS) is 9.40. The minimum absolute atomic E-state index is 0.329. The van der Waals surface area contributed by atoms with E-state index < -0.39 is 11.9 Å². The van der Waals surface area contributed by atoms with Gasteiger partial charge < -0.3 is 9.47 Å². The summed E-state index contributed by atoms with van der Waals surface area (Å²) in [5, 5.41) is 0. The number of benzene rings is 1. The lowest BCUT2D eigenvalue weighted by atomic mass is 10.3. The summed E-state index contributed by atoms with van der Waals surface area (Å²) in [4.78, 5) is 23.0. The highest BCUT2D eigenvalue weighted by Gasteiger charge is 2.05. The van der Waals surface area contributed by atoms with Crippen LogP contribution in [0.3, 0.4) is 0 Å². The highest BCUT2D eigenvalue weighted by molar-refractivity contribution is 5.85. The van der Waals surface area contributed by atoms with Crippen LogP contribution in [-0.4, -0.2) is 11.9 Å². The predicted molar refractivity (Wildman–Crippen MR) is 76.6 cm³/mol. The molecule has 0 saturated carbocycles. The molecule has 106 valence electrons. The van der Waals surface area contributed by atoms with Crippen LogP contribution >= 0.6 is 0 Å². The molecular formula is C16H18O4. The van der Waals surface area contributed by atoms with Crippen molar-refractivity contribution in [3.05, 3.63) is 47.6 Å². The van der Waals surface area contributed by atoms with E-state index in [2.05, 4.69) is 0 Å². The van der Waals surface area contributed by atoms with Crippen molar-refractivity contribution in [2.24, 2.45) is 0 Å². The number of hydrogen-bond donors (Lipinski definition) is 0. The van der Waals surface area contributed by atoms with E-state index in [-0.39, 0.29) is 0 Å². The van der Waals surface area contributed by atoms with Crippen LogP contribution in [0.25, 0.3) is 0 Å². The van der Waals surface area contributed by atoms with E-state index in [1.165, 1.54) is 18.2 Å². The number of ether oxygens (including phenoxy) is 2. The molecule has 0 atom stereocenters. The summed E-state index contributed by atoms with van der Waals surface area (Å²) in [7, 11) is 0. The van der Waals surface area contributed by atoms with Gasteiger partial charge in [0.2, 0.25) is 0 Å². The summed E-state index contributed by atoms with van der Waals surface area (Å²) in [6.45, 7) is 7.22. The SMILES string of the molecule is CC(C)=CC(=O)Oc1cccc(OC(=O)C=C(C)C)c1. The predicted octanol–water partition coefficient (Wildman–Crippen LogP) is 3.43. The van der Waals surface area contributed by atoms with Crippen molar-refractivity contribution in [2.45, 2.75) is 27.7 Å². The molecule has 0 bridgehead atoms. The zero-order valence-corrected chi connectivity index (χ0v) is 12.1. The van der Waals surface area contributed by atoms with Crippen LogP contribution in [0.4, 0.5) is 0 Å². The molecule has 4 heteroatoms. The van der Waals surface area contributed by atoms with Gasteiger partial charge in [-0.3, -0.25) is 0 Å². The largest absolute Gasteiger partial charge is 0.423 e. The van der Waals surface area contributed by atoms with Gasteiger partial charge in [-0.15, -0.1) is 0 Å². The number of esters is 2. The Balaban J connectivity index is 2.76. The number of rotatable bonds is 4. The number of hydrogen-bond acceptors (Lipinski definition) is 4. The summed E-state index contributed by atoms with van der Waals surface area (Å²) >= 11 is 0. The van der Waals surface area contributed by atoms with Crippen molar-refractivity contribution in [1.82, 2.24) is 0 Å². The van der Waals surface area contributed by atoms with Crippen LogP contribution in [0.15, 0.2) is 47.6 Å². The molecule has 0 aliphatic carbocycles. The summed E-state index contributed by atoms with van der Waals surface area (Å²) in [5.41, 5.74) is 1.70. The third-order valence-electron chi connectivity index (χ3n) is 2.06. The van der Waals surface area contributed by atoms with E-state index in [0.717, 1.165) is 11.1 Å². The Hall–Kier alpha value is -2.36. The first-order valence-corrected chi connectivity index (χ1v) is 6.20. The Labute approximate surface area is 118 Å². The van der Waals surface area contributed by atoms with Crippen LogP contribution in [0, 0.1) is 0 Å². The average Bonchev–Trinajstić information content (AvgIpc) is 2.26. The van der Waals surface area contributed by atoms with Crippen LogP contribution in [0.1, 0.15) is 27.7 Å². The molecule has 0 amide bonds. The molecule has 0 N–H and O–H groups in total. The maximum atomic E-state index is 11.5. The number of carbonyl (C=O) groups excluding carboxylic acids is 2. The second-order valence-electron chi connectivity index (χ2n) is 4.76. The van der Waals surface area contributed by atoms with Crippen LogP contribution in [0.2, 0.25) is 0 Å². The van der Waals surface area contributed by atoms with Gasteiger partial charge >= 0.3 is 11.9 Å². The van der Waals surface area contributed by atoms with Gasteiger partial charge in [0, 0.05) is 18.2 Å². The summed E-state index contributed by atoms with van der Waals surface area (Å²) in [5.74, 6) is -0.263. The molecule has 20 heavy (non-hydrogen) atoms. The molecule has 0 aliphatic rings. The van der Waals surface area contributed by atoms with Gasteiger partial charge in [-0.2, -0.15) is 0 Å². The van der Waals surface area contributed by atoms with E-state index in [9.17, 15) is 9.59 Å². The lowest BCUT2D eigenvalue weighted by Crippen LogP contribution is -2.06. The van der Waals surface area contributed by atoms with Crippen molar-refractivity contribution in [3.63, 3.8) is 0 Å². The Kier molecular flexibility index (Phi) is 5.72. The maximum absolute atomic E-state index is 11.5. The minimum atomic E-state index is -0.460. The lowest BCUT2D eigenvalue weighted by molar-refractivity contribution is -0.129. The zero-order chi connectivity index (χ0) is 15.1. The van der Waals surface area contributed by atoms with Crippen molar-refractivity contribution in [1.29, 1.82) is 0 Å². The second kappa shape index (κ2) is 7.28. The maximum Gasteiger partial charge on any atom is 0.336 e. The molecule has 1 aromatic rings. The third-order valence-corrected chi connectivity index (χ3v) is 2.06. The molecule has 4 nitrogen and oxygen atoms in total. The summed E-state index contributed by atoms with van der Waals surface area (Å²) < 4.78 is 10.2. The van der Waals surface area contributed by atoms with Crippen LogP contribution < -0.4 is 9.47 Å². The molecule has 0 fully saturated rings. The van der Waals surface area contributed by atoms with E-state index in [4.69, 9.17) is 9.47 Å². The molecule has 0 unspecified atom stereocenters. The lowest BCUT2D eigenvalue weighted by Gasteiger charge is -2.05. The molecule has 0 saturated heterocycles. The third kappa shape index (κ3) is 6.00. The van der Waals surface area contributed by atoms with Gasteiger partial charge in [-0.25, -0.2) is 9.59 Å². The first kappa shape index (κ1) is 15.7. The Morgan fingerprint density at radius 3 is 1.60 bits per heavy atom. The van der Waals surface area contributed by atoms with E-state index in [0.29, 0.717) is 11.5 Å². The van der Waals surface area contributed by atoms with Crippen LogP contribution in [0.5, 0.6) is 11.5 Å². The van der Waals surface area contributed by atoms with Gasteiger partial charge in [0.1, 0.15) is 11.5 Å². The zero-order valence-electron chi connectivity index (χ0n) is 12.1. The summed E-state index contributed by atoms with van der Waals surface area (Å²) in [6, 6.07) is 6.38. The fourth-order valence-electron chi connectivity index (χ4n) is 1.36. The number of carbonyl (C=O) groups is 2. The highest BCUT2D eigenvalue weighted by Crippen LogP contribution is 2.20. The van der Waals surface area contributed by atoms with Gasteiger partial charge in [0.05, 0.1) is 0 Å². The van der Waals surface area contributed by atoms with Gasteiger partial charge in [0.15, 0.2) is 0 Å². The van der Waals surface area contributed by atoms with Crippen molar-refractivity contribution >= 4 is 11.9 Å². The van der Waals surface area contributed by atoms with E-state index in [1.807, 2.05) is 0 Å². The van der Waals surface area contributed by atoms with Gasteiger partial charge in [0.25, 0.3) is 0 Å². The smallest absolute Gasteiger partial charge is 0.336 e. The van der Waals surface area contributed by atoms with E-state index in [1.54, 1.807) is 45.9 Å². The molecule has 0 heterocycles. The Bertz CT molecular complexity index is 512. The molecule has 1 rings (SSSR count). The Morgan fingerprint density at radius 1 is 0.850 bits per heavy atom. The van der Waals surface area contributed by atoms with Crippen molar-refractivity contribution < 1.29 is 19.1 Å². The average molecular weight is 274 g/mol. The fourth-order valence-corrected chi connectivity index (χ4v) is 1.36. The first-order chi connectivity index (χ1) is 9.36. The first-order valence-electron chi connectivity index (χ1n) is 6.20. The van der Waals surface area contributed by atoms with Gasteiger partial charge in [-0.05, 0) is 39.8 Å². The molecule has 1 aromatic carbocycles. The van der Waals surface area contributed by atoms with Crippen molar-refractivity contribution in [3.8, 4) is 11.5 Å². The van der Waals surface area contributed by atoms with Crippen LogP contribution in [-0.2, 0) is 9.59 Å². The molecule has 0 radical (unpaired) electrons. The second-order valence-corrected chi connectivity index (χ2v) is 4.76. The minimum Gasteiger partial charge on any atom is -0.423 e. The van der Waals surface area contributed by atoms with Gasteiger partial charge in [-0.1, -0.05) is 17.2 Å². The van der Waals surface area contributed by atoms with Crippen molar-refractivity contribution in [2.75, 3.05) is 0 Å². The standard InChI is InChI=1S/C16H18O4/c1-11(2)8-15(17)19-13-6-5-7-14(10-13)20-16(18)9-12(3)4/h5-10H,1-4H3. The number of allylic oxidation sites excluding steroid dienone is 2.